The highest BCUT2D eigenvalue weighted by atomic mass is 35.5. The van der Waals surface area contributed by atoms with Crippen molar-refractivity contribution in [1.82, 2.24) is 14.6 Å². The third kappa shape index (κ3) is 4.47. The van der Waals surface area contributed by atoms with Gasteiger partial charge in [-0.15, -0.1) is 0 Å². The number of methoxy groups -OCH3 is 1. The number of amides is 1. The van der Waals surface area contributed by atoms with E-state index in [4.69, 9.17) is 16.3 Å². The first kappa shape index (κ1) is 19.2. The Hall–Kier alpha value is -2.16. The number of carbonyl (C=O) groups is 1. The van der Waals surface area contributed by atoms with Gasteiger partial charge in [0.15, 0.2) is 0 Å². The molecular formula is C16H18ClN3O4S. The van der Waals surface area contributed by atoms with Crippen molar-refractivity contribution >= 4 is 27.5 Å². The molecule has 0 bridgehead atoms. The van der Waals surface area contributed by atoms with Crippen LogP contribution in [0.4, 0.5) is 0 Å². The third-order valence-corrected chi connectivity index (χ3v) is 5.71. The van der Waals surface area contributed by atoms with E-state index in [9.17, 15) is 13.2 Å². The number of sulfonamides is 1. The van der Waals surface area contributed by atoms with Crippen LogP contribution in [0.3, 0.4) is 0 Å². The Bertz CT molecular complexity index is 867. The van der Waals surface area contributed by atoms with Gasteiger partial charge in [-0.25, -0.2) is 17.7 Å². The fourth-order valence-corrected chi connectivity index (χ4v) is 3.35. The summed E-state index contributed by atoms with van der Waals surface area (Å²) in [5, 5.41) is 2.77. The first-order valence-electron chi connectivity index (χ1n) is 7.25. The van der Waals surface area contributed by atoms with Crippen LogP contribution in [-0.4, -0.2) is 44.8 Å². The summed E-state index contributed by atoms with van der Waals surface area (Å²) in [5.41, 5.74) is 0.982. The number of hydrogen-bond donors (Lipinski definition) is 1. The maximum atomic E-state index is 12.3. The molecule has 2 aromatic rings. The molecule has 1 N–H and O–H groups in total. The Morgan fingerprint density at radius 1 is 1.28 bits per heavy atom. The maximum absolute atomic E-state index is 12.3. The largest absolute Gasteiger partial charge is 0.481 e. The molecule has 1 heterocycles. The minimum Gasteiger partial charge on any atom is -0.481 e. The third-order valence-electron chi connectivity index (χ3n) is 3.41. The lowest BCUT2D eigenvalue weighted by atomic mass is 10.2. The van der Waals surface area contributed by atoms with Crippen molar-refractivity contribution in [2.45, 2.75) is 11.4 Å². The van der Waals surface area contributed by atoms with Crippen molar-refractivity contribution in [3.05, 3.63) is 52.7 Å². The number of pyridine rings is 1. The van der Waals surface area contributed by atoms with Crippen LogP contribution in [0, 0.1) is 0 Å². The molecule has 1 aromatic heterocycles. The molecule has 0 saturated carbocycles. The zero-order chi connectivity index (χ0) is 18.6. The Morgan fingerprint density at radius 2 is 2.00 bits per heavy atom. The first-order chi connectivity index (χ1) is 11.8. The summed E-state index contributed by atoms with van der Waals surface area (Å²) in [7, 11) is 0.572. The molecule has 25 heavy (non-hydrogen) atoms. The monoisotopic (exact) mass is 383 g/mol. The summed E-state index contributed by atoms with van der Waals surface area (Å²) in [5.74, 6) is 0.0639. The molecule has 0 saturated heterocycles. The molecule has 7 nitrogen and oxygen atoms in total. The molecule has 1 amide bonds. The molecule has 0 spiro atoms. The standard InChI is InChI=1S/C16H18ClN3O4S/c1-20(2)25(22,23)14-8-12(5-6-13(14)17)16(21)19-10-11-4-7-15(24-3)18-9-11/h4-9H,10H2,1-3H3,(H,19,21). The van der Waals surface area contributed by atoms with Crippen molar-refractivity contribution in [2.24, 2.45) is 0 Å². The summed E-state index contributed by atoms with van der Waals surface area (Å²) in [6, 6.07) is 7.58. The number of carbonyl (C=O) groups excluding carboxylic acids is 1. The quantitative estimate of drug-likeness (QED) is 0.823. The van der Waals surface area contributed by atoms with Crippen LogP contribution in [0.1, 0.15) is 15.9 Å². The molecule has 1 aromatic carbocycles. The molecule has 0 fully saturated rings. The molecular weight excluding hydrogens is 366 g/mol. The number of nitrogens with zero attached hydrogens (tertiary/aromatic N) is 2. The predicted molar refractivity (Wildman–Crippen MR) is 94.3 cm³/mol. The van der Waals surface area contributed by atoms with Crippen molar-refractivity contribution in [3.63, 3.8) is 0 Å². The molecule has 0 aliphatic heterocycles. The smallest absolute Gasteiger partial charge is 0.251 e. The molecule has 0 aliphatic rings. The normalized spacial score (nSPS) is 11.4. The molecule has 2 rings (SSSR count). The Balaban J connectivity index is 2.16. The van der Waals surface area contributed by atoms with Gasteiger partial charge in [0.1, 0.15) is 4.90 Å². The van der Waals surface area contributed by atoms with Gasteiger partial charge in [-0.05, 0) is 23.8 Å². The van der Waals surface area contributed by atoms with Gasteiger partial charge < -0.3 is 10.1 Å². The van der Waals surface area contributed by atoms with E-state index >= 15 is 0 Å². The summed E-state index contributed by atoms with van der Waals surface area (Å²) in [6.45, 7) is 0.244. The molecule has 0 radical (unpaired) electrons. The molecule has 0 aliphatic carbocycles. The molecule has 134 valence electrons. The summed E-state index contributed by atoms with van der Waals surface area (Å²) in [6.07, 6.45) is 1.59. The second-order valence-corrected chi connectivity index (χ2v) is 7.85. The van der Waals surface area contributed by atoms with Crippen LogP contribution >= 0.6 is 11.6 Å². The van der Waals surface area contributed by atoms with Crippen molar-refractivity contribution < 1.29 is 17.9 Å². The van der Waals surface area contributed by atoms with Gasteiger partial charge in [0.05, 0.1) is 12.1 Å². The van der Waals surface area contributed by atoms with E-state index in [0.717, 1.165) is 9.87 Å². The number of ether oxygens (including phenoxy) is 1. The number of rotatable bonds is 6. The Kier molecular flexibility index (Phi) is 5.99. The molecule has 9 heteroatoms. The first-order valence-corrected chi connectivity index (χ1v) is 9.06. The maximum Gasteiger partial charge on any atom is 0.251 e. The number of nitrogens with one attached hydrogen (secondary N) is 1. The zero-order valence-electron chi connectivity index (χ0n) is 14.0. The number of halogens is 1. The van der Waals surface area contributed by atoms with Crippen LogP contribution in [0.2, 0.25) is 5.02 Å². The minimum absolute atomic E-state index is 0.0598. The predicted octanol–water partition coefficient (Wildman–Crippen LogP) is 1.92. The van der Waals surface area contributed by atoms with Crippen LogP contribution in [-0.2, 0) is 16.6 Å². The van der Waals surface area contributed by atoms with E-state index in [0.29, 0.717) is 5.88 Å². The minimum atomic E-state index is -3.74. The van der Waals surface area contributed by atoms with Crippen LogP contribution in [0.5, 0.6) is 5.88 Å². The van der Waals surface area contributed by atoms with Gasteiger partial charge in [0.2, 0.25) is 15.9 Å². The average molecular weight is 384 g/mol. The van der Waals surface area contributed by atoms with Crippen LogP contribution < -0.4 is 10.1 Å². The highest BCUT2D eigenvalue weighted by molar-refractivity contribution is 7.89. The summed E-state index contributed by atoms with van der Waals surface area (Å²) >= 11 is 5.97. The van der Waals surface area contributed by atoms with E-state index in [1.807, 2.05) is 0 Å². The van der Waals surface area contributed by atoms with E-state index in [2.05, 4.69) is 10.3 Å². The van der Waals surface area contributed by atoms with Gasteiger partial charge in [0, 0.05) is 38.5 Å². The van der Waals surface area contributed by atoms with Gasteiger partial charge in [-0.3, -0.25) is 4.79 Å². The topological polar surface area (TPSA) is 88.6 Å². The van der Waals surface area contributed by atoms with E-state index in [1.165, 1.54) is 39.4 Å². The SMILES string of the molecule is COc1ccc(CNC(=O)c2ccc(Cl)c(S(=O)(=O)N(C)C)c2)cn1. The molecule has 0 atom stereocenters. The van der Waals surface area contributed by atoms with Crippen molar-refractivity contribution in [3.8, 4) is 5.88 Å². The number of hydrogen-bond acceptors (Lipinski definition) is 5. The van der Waals surface area contributed by atoms with Gasteiger partial charge in [0.25, 0.3) is 5.91 Å². The summed E-state index contributed by atoms with van der Waals surface area (Å²) < 4.78 is 30.5. The van der Waals surface area contributed by atoms with Gasteiger partial charge in [-0.2, -0.15) is 0 Å². The fourth-order valence-electron chi connectivity index (χ4n) is 1.96. The Morgan fingerprint density at radius 3 is 2.56 bits per heavy atom. The second kappa shape index (κ2) is 7.81. The number of aromatic nitrogens is 1. The van der Waals surface area contributed by atoms with E-state index < -0.39 is 15.9 Å². The second-order valence-electron chi connectivity index (χ2n) is 5.32. The van der Waals surface area contributed by atoms with Crippen LogP contribution in [0.15, 0.2) is 41.4 Å². The van der Waals surface area contributed by atoms with E-state index in [-0.39, 0.29) is 22.0 Å². The van der Waals surface area contributed by atoms with E-state index in [1.54, 1.807) is 18.3 Å². The Labute approximate surface area is 151 Å². The lowest BCUT2D eigenvalue weighted by Crippen LogP contribution is -2.25. The van der Waals surface area contributed by atoms with Gasteiger partial charge in [-0.1, -0.05) is 17.7 Å². The lowest BCUT2D eigenvalue weighted by Gasteiger charge is -2.14. The van der Waals surface area contributed by atoms with Gasteiger partial charge >= 0.3 is 0 Å². The highest BCUT2D eigenvalue weighted by Gasteiger charge is 2.22. The van der Waals surface area contributed by atoms with Crippen molar-refractivity contribution in [1.29, 1.82) is 0 Å². The fraction of sp³-hybridized carbons (Fsp3) is 0.250. The average Bonchev–Trinajstić information content (AvgIpc) is 2.60. The number of benzene rings is 1. The van der Waals surface area contributed by atoms with Crippen molar-refractivity contribution in [2.75, 3.05) is 21.2 Å². The lowest BCUT2D eigenvalue weighted by molar-refractivity contribution is 0.0950. The van der Waals surface area contributed by atoms with Crippen LogP contribution in [0.25, 0.3) is 0 Å². The summed E-state index contributed by atoms with van der Waals surface area (Å²) in [4.78, 5) is 16.2. The molecule has 0 unspecified atom stereocenters. The zero-order valence-corrected chi connectivity index (χ0v) is 15.6. The highest BCUT2D eigenvalue weighted by Crippen LogP contribution is 2.24.